The van der Waals surface area contributed by atoms with Crippen LogP contribution in [0.3, 0.4) is 0 Å². The lowest BCUT2D eigenvalue weighted by Crippen LogP contribution is -2.57. The summed E-state index contributed by atoms with van der Waals surface area (Å²) >= 11 is 5.90. The largest absolute Gasteiger partial charge is 0.488 e. The summed E-state index contributed by atoms with van der Waals surface area (Å²) in [6.07, 6.45) is 2.53. The van der Waals surface area contributed by atoms with Gasteiger partial charge in [0.25, 0.3) is 0 Å². The average molecular weight is 325 g/mol. The highest BCUT2D eigenvalue weighted by atomic mass is 35.5. The van der Waals surface area contributed by atoms with Crippen LogP contribution in [0.15, 0.2) is 24.3 Å². The first-order valence-corrected chi connectivity index (χ1v) is 8.54. The van der Waals surface area contributed by atoms with E-state index in [4.69, 9.17) is 16.3 Å². The molecule has 1 saturated carbocycles. The summed E-state index contributed by atoms with van der Waals surface area (Å²) < 4.78 is 6.02. The van der Waals surface area contributed by atoms with E-state index in [0.717, 1.165) is 51.2 Å². The Bertz CT molecular complexity index is 474. The van der Waals surface area contributed by atoms with Crippen molar-refractivity contribution in [2.75, 3.05) is 33.2 Å². The van der Waals surface area contributed by atoms with Gasteiger partial charge in [-0.25, -0.2) is 0 Å². The lowest BCUT2D eigenvalue weighted by atomic mass is 9.88. The zero-order chi connectivity index (χ0) is 15.5. The second-order valence-corrected chi connectivity index (χ2v) is 6.87. The molecule has 1 heterocycles. The Hall–Kier alpha value is -0.810. The molecule has 1 saturated heterocycles. The minimum atomic E-state index is -0.423. The molecule has 0 aromatic heterocycles. The van der Waals surface area contributed by atoms with E-state index in [-0.39, 0.29) is 12.1 Å². The number of piperazine rings is 1. The van der Waals surface area contributed by atoms with Gasteiger partial charge < -0.3 is 14.7 Å². The maximum atomic E-state index is 10.8. The Morgan fingerprint density at radius 3 is 2.45 bits per heavy atom. The maximum Gasteiger partial charge on any atom is 0.126 e. The number of likely N-dealkylation sites (N-methyl/N-ethyl adjacent to an activating group) is 1. The Kier molecular flexibility index (Phi) is 5.24. The number of ether oxygens (including phenoxy) is 1. The van der Waals surface area contributed by atoms with Crippen molar-refractivity contribution in [3.05, 3.63) is 29.3 Å². The van der Waals surface area contributed by atoms with Gasteiger partial charge in [-0.05, 0) is 50.6 Å². The van der Waals surface area contributed by atoms with Crippen LogP contribution in [0.5, 0.6) is 5.75 Å². The maximum absolute atomic E-state index is 10.8. The molecule has 1 aromatic rings. The van der Waals surface area contributed by atoms with Gasteiger partial charge >= 0.3 is 0 Å². The molecule has 0 amide bonds. The predicted molar refractivity (Wildman–Crippen MR) is 88.6 cm³/mol. The van der Waals surface area contributed by atoms with Gasteiger partial charge in [-0.3, -0.25) is 4.90 Å². The lowest BCUT2D eigenvalue weighted by molar-refractivity contribution is -0.0618. The van der Waals surface area contributed by atoms with E-state index in [2.05, 4.69) is 16.8 Å². The van der Waals surface area contributed by atoms with Gasteiger partial charge in [0.2, 0.25) is 0 Å². The Labute approximate surface area is 137 Å². The second kappa shape index (κ2) is 7.18. The molecule has 2 aliphatic rings. The smallest absolute Gasteiger partial charge is 0.126 e. The van der Waals surface area contributed by atoms with Gasteiger partial charge in [0.05, 0.1) is 0 Å². The van der Waals surface area contributed by atoms with Crippen LogP contribution in [0, 0.1) is 0 Å². The van der Waals surface area contributed by atoms with Crippen molar-refractivity contribution in [2.45, 2.75) is 37.5 Å². The number of hydrogen-bond donors (Lipinski definition) is 1. The van der Waals surface area contributed by atoms with E-state index in [1.807, 2.05) is 24.3 Å². The third-order valence-electron chi connectivity index (χ3n) is 4.87. The Balaban J connectivity index is 1.62. The van der Waals surface area contributed by atoms with E-state index >= 15 is 0 Å². The van der Waals surface area contributed by atoms with E-state index in [9.17, 15) is 5.11 Å². The van der Waals surface area contributed by atoms with Crippen LogP contribution in [-0.4, -0.2) is 66.4 Å². The average Bonchev–Trinajstić information content (AvgIpc) is 2.53. The molecule has 122 valence electrons. The molecule has 1 aliphatic heterocycles. The van der Waals surface area contributed by atoms with Crippen molar-refractivity contribution in [3.63, 3.8) is 0 Å². The number of aliphatic hydroxyl groups excluding tert-OH is 1. The molecule has 3 atom stereocenters. The summed E-state index contributed by atoms with van der Waals surface area (Å²) in [6, 6.07) is 7.61. The standard InChI is InChI=1S/C17H25ClN2O2/c1-19-9-11-20(12-10-19)15-3-2-4-16(17(15)21)22-14-7-5-13(18)6-8-14/h5-8,15-17,21H,2-4,9-12H2,1H3/t15-,16+,17+/m0/s1. The van der Waals surface area contributed by atoms with Gasteiger partial charge in [-0.15, -0.1) is 0 Å². The number of benzene rings is 1. The van der Waals surface area contributed by atoms with Crippen LogP contribution in [0.25, 0.3) is 0 Å². The van der Waals surface area contributed by atoms with Crippen molar-refractivity contribution in [3.8, 4) is 5.75 Å². The molecule has 4 nitrogen and oxygen atoms in total. The second-order valence-electron chi connectivity index (χ2n) is 6.44. The summed E-state index contributed by atoms with van der Waals surface area (Å²) in [5, 5.41) is 11.5. The highest BCUT2D eigenvalue weighted by molar-refractivity contribution is 6.30. The molecule has 0 spiro atoms. The fourth-order valence-corrected chi connectivity index (χ4v) is 3.61. The van der Waals surface area contributed by atoms with Crippen LogP contribution in [-0.2, 0) is 0 Å². The van der Waals surface area contributed by atoms with Crippen LogP contribution < -0.4 is 4.74 Å². The van der Waals surface area contributed by atoms with Crippen molar-refractivity contribution < 1.29 is 9.84 Å². The van der Waals surface area contributed by atoms with Crippen LogP contribution in [0.4, 0.5) is 0 Å². The first kappa shape index (κ1) is 16.1. The minimum absolute atomic E-state index is 0.125. The van der Waals surface area contributed by atoms with Crippen LogP contribution in [0.2, 0.25) is 5.02 Å². The van der Waals surface area contributed by atoms with Crippen molar-refractivity contribution >= 4 is 11.6 Å². The van der Waals surface area contributed by atoms with E-state index < -0.39 is 6.10 Å². The van der Waals surface area contributed by atoms with E-state index in [0.29, 0.717) is 5.02 Å². The number of hydrogen-bond acceptors (Lipinski definition) is 4. The van der Waals surface area contributed by atoms with Gasteiger partial charge in [0.15, 0.2) is 0 Å². The number of aliphatic hydroxyl groups is 1. The molecule has 3 rings (SSSR count). The van der Waals surface area contributed by atoms with Crippen molar-refractivity contribution in [1.82, 2.24) is 9.80 Å². The first-order valence-electron chi connectivity index (χ1n) is 8.16. The first-order chi connectivity index (χ1) is 10.6. The molecule has 0 bridgehead atoms. The molecule has 1 aliphatic carbocycles. The van der Waals surface area contributed by atoms with Gasteiger partial charge in [0, 0.05) is 37.2 Å². The molecule has 5 heteroatoms. The summed E-state index contributed by atoms with van der Waals surface area (Å²) in [5.41, 5.74) is 0. The number of halogens is 1. The topological polar surface area (TPSA) is 35.9 Å². The van der Waals surface area contributed by atoms with Crippen LogP contribution >= 0.6 is 11.6 Å². The van der Waals surface area contributed by atoms with Crippen LogP contribution in [0.1, 0.15) is 19.3 Å². The van der Waals surface area contributed by atoms with E-state index in [1.54, 1.807) is 0 Å². The van der Waals surface area contributed by atoms with Crippen molar-refractivity contribution in [1.29, 1.82) is 0 Å². The molecular formula is C17H25ClN2O2. The van der Waals surface area contributed by atoms with Gasteiger partial charge in [-0.1, -0.05) is 11.6 Å². The molecule has 1 N–H and O–H groups in total. The molecule has 2 fully saturated rings. The third-order valence-corrected chi connectivity index (χ3v) is 5.12. The normalized spacial score (nSPS) is 31.1. The number of rotatable bonds is 3. The highest BCUT2D eigenvalue weighted by Gasteiger charge is 2.37. The zero-order valence-electron chi connectivity index (χ0n) is 13.1. The third kappa shape index (κ3) is 3.74. The fourth-order valence-electron chi connectivity index (χ4n) is 3.49. The molecule has 0 radical (unpaired) electrons. The molecule has 1 aromatic carbocycles. The highest BCUT2D eigenvalue weighted by Crippen LogP contribution is 2.28. The quantitative estimate of drug-likeness (QED) is 0.925. The summed E-state index contributed by atoms with van der Waals surface area (Å²) in [7, 11) is 2.15. The van der Waals surface area contributed by atoms with Gasteiger partial charge in [-0.2, -0.15) is 0 Å². The predicted octanol–water partition coefficient (Wildman–Crippen LogP) is 2.25. The Morgan fingerprint density at radius 2 is 1.77 bits per heavy atom. The Morgan fingerprint density at radius 1 is 1.09 bits per heavy atom. The van der Waals surface area contributed by atoms with Gasteiger partial charge in [0.1, 0.15) is 18.0 Å². The molecule has 22 heavy (non-hydrogen) atoms. The monoisotopic (exact) mass is 324 g/mol. The zero-order valence-corrected chi connectivity index (χ0v) is 13.9. The molecule has 0 unspecified atom stereocenters. The summed E-state index contributed by atoms with van der Waals surface area (Å²) in [6.45, 7) is 4.22. The van der Waals surface area contributed by atoms with Crippen molar-refractivity contribution in [2.24, 2.45) is 0 Å². The SMILES string of the molecule is CN1CCN([C@H]2CCC[C@@H](Oc3ccc(Cl)cc3)[C@@H]2O)CC1. The summed E-state index contributed by atoms with van der Waals surface area (Å²) in [5.74, 6) is 0.785. The lowest BCUT2D eigenvalue weighted by Gasteiger charge is -2.44. The fraction of sp³-hybridized carbons (Fsp3) is 0.647. The molecular weight excluding hydrogens is 300 g/mol. The summed E-state index contributed by atoms with van der Waals surface area (Å²) in [4.78, 5) is 4.77. The van der Waals surface area contributed by atoms with E-state index in [1.165, 1.54) is 0 Å². The minimum Gasteiger partial charge on any atom is -0.488 e. The number of nitrogens with zero attached hydrogens (tertiary/aromatic N) is 2.